The average molecular weight is 195 g/mol. The molecule has 1 aliphatic rings. The molecule has 1 saturated carbocycles. The second-order valence-corrected chi connectivity index (χ2v) is 4.10. The lowest BCUT2D eigenvalue weighted by Crippen LogP contribution is -1.91. The maximum Gasteiger partial charge on any atom is 0.159 e. The maximum absolute atomic E-state index is 11.0. The number of carbonyl (C=O) groups is 1. The van der Waals surface area contributed by atoms with E-state index in [0.29, 0.717) is 11.3 Å². The Labute approximate surface area is 82.7 Å². The van der Waals surface area contributed by atoms with E-state index in [9.17, 15) is 4.79 Å². The molecule has 1 nitrogen and oxygen atoms in total. The van der Waals surface area contributed by atoms with Gasteiger partial charge in [-0.15, -0.1) is 11.6 Å². The smallest absolute Gasteiger partial charge is 0.159 e. The number of benzene rings is 1. The van der Waals surface area contributed by atoms with Gasteiger partial charge in [0.05, 0.1) is 0 Å². The Bertz CT molecular complexity index is 328. The zero-order chi connectivity index (χ0) is 9.42. The second-order valence-electron chi connectivity index (χ2n) is 3.54. The van der Waals surface area contributed by atoms with Crippen LogP contribution in [0.3, 0.4) is 0 Å². The Balaban J connectivity index is 2.19. The van der Waals surface area contributed by atoms with Crippen LogP contribution in [0.15, 0.2) is 24.3 Å². The van der Waals surface area contributed by atoms with E-state index in [-0.39, 0.29) is 5.78 Å². The van der Waals surface area contributed by atoms with Gasteiger partial charge in [0.1, 0.15) is 0 Å². The van der Waals surface area contributed by atoms with Gasteiger partial charge in [-0.05, 0) is 18.9 Å². The third-order valence-corrected chi connectivity index (χ3v) is 2.94. The summed E-state index contributed by atoms with van der Waals surface area (Å²) in [4.78, 5) is 11.0. The minimum absolute atomic E-state index is 0.116. The SMILES string of the molecule is CC(=O)c1ccc([C@H]2C[C@@H]2Cl)cc1. The van der Waals surface area contributed by atoms with Crippen molar-refractivity contribution in [1.29, 1.82) is 0 Å². The highest BCUT2D eigenvalue weighted by atomic mass is 35.5. The highest BCUT2D eigenvalue weighted by Crippen LogP contribution is 2.45. The summed E-state index contributed by atoms with van der Waals surface area (Å²) in [6.07, 6.45) is 1.07. The quantitative estimate of drug-likeness (QED) is 0.523. The Hall–Kier alpha value is -0.820. The Kier molecular flexibility index (Phi) is 2.12. The van der Waals surface area contributed by atoms with Crippen molar-refractivity contribution in [3.63, 3.8) is 0 Å². The van der Waals surface area contributed by atoms with Gasteiger partial charge in [-0.25, -0.2) is 0 Å². The van der Waals surface area contributed by atoms with Crippen LogP contribution >= 0.6 is 11.6 Å². The van der Waals surface area contributed by atoms with Gasteiger partial charge < -0.3 is 0 Å². The lowest BCUT2D eigenvalue weighted by Gasteiger charge is -1.99. The lowest BCUT2D eigenvalue weighted by molar-refractivity contribution is 0.101. The van der Waals surface area contributed by atoms with Gasteiger partial charge >= 0.3 is 0 Å². The molecule has 0 radical (unpaired) electrons. The molecule has 68 valence electrons. The van der Waals surface area contributed by atoms with Crippen molar-refractivity contribution in [2.45, 2.75) is 24.6 Å². The number of rotatable bonds is 2. The fourth-order valence-electron chi connectivity index (χ4n) is 1.47. The van der Waals surface area contributed by atoms with Crippen LogP contribution in [0, 0.1) is 0 Å². The monoisotopic (exact) mass is 194 g/mol. The van der Waals surface area contributed by atoms with E-state index in [0.717, 1.165) is 12.0 Å². The van der Waals surface area contributed by atoms with Crippen molar-refractivity contribution >= 4 is 17.4 Å². The standard InChI is InChI=1S/C11H11ClO/c1-7(13)8-2-4-9(5-3-8)10-6-11(10)12/h2-5,10-11H,6H2,1H3/t10-,11+/m1/s1. The van der Waals surface area contributed by atoms with Crippen LogP contribution < -0.4 is 0 Å². The Morgan fingerprint density at radius 1 is 1.38 bits per heavy atom. The maximum atomic E-state index is 11.0. The fourth-order valence-corrected chi connectivity index (χ4v) is 1.81. The van der Waals surface area contributed by atoms with E-state index in [1.807, 2.05) is 24.3 Å². The highest BCUT2D eigenvalue weighted by Gasteiger charge is 2.36. The number of halogens is 1. The van der Waals surface area contributed by atoms with Crippen LogP contribution in [0.2, 0.25) is 0 Å². The number of hydrogen-bond acceptors (Lipinski definition) is 1. The molecule has 0 spiro atoms. The number of alkyl halides is 1. The molecule has 1 aliphatic carbocycles. The number of hydrogen-bond donors (Lipinski definition) is 0. The topological polar surface area (TPSA) is 17.1 Å². The first-order valence-electron chi connectivity index (χ1n) is 4.43. The third-order valence-electron chi connectivity index (χ3n) is 2.46. The summed E-state index contributed by atoms with van der Waals surface area (Å²) in [6.45, 7) is 1.58. The third kappa shape index (κ3) is 1.75. The van der Waals surface area contributed by atoms with Gasteiger partial charge in [0, 0.05) is 16.9 Å². The van der Waals surface area contributed by atoms with Crippen molar-refractivity contribution in [2.24, 2.45) is 0 Å². The molecule has 0 aliphatic heterocycles. The summed E-state index contributed by atoms with van der Waals surface area (Å²) in [5.41, 5.74) is 2.03. The first-order valence-corrected chi connectivity index (χ1v) is 4.87. The molecule has 2 heteroatoms. The van der Waals surface area contributed by atoms with Gasteiger partial charge in [-0.1, -0.05) is 24.3 Å². The minimum atomic E-state index is 0.116. The largest absolute Gasteiger partial charge is 0.295 e. The van der Waals surface area contributed by atoms with Gasteiger partial charge in [0.15, 0.2) is 5.78 Å². The van der Waals surface area contributed by atoms with Crippen molar-refractivity contribution in [3.8, 4) is 0 Å². The second kappa shape index (κ2) is 3.15. The zero-order valence-electron chi connectivity index (χ0n) is 7.46. The summed E-state index contributed by atoms with van der Waals surface area (Å²) in [5.74, 6) is 0.632. The number of carbonyl (C=O) groups excluding carboxylic acids is 1. The van der Waals surface area contributed by atoms with Gasteiger partial charge in [-0.3, -0.25) is 4.79 Å². The predicted octanol–water partition coefficient (Wildman–Crippen LogP) is 2.98. The fraction of sp³-hybridized carbons (Fsp3) is 0.364. The van der Waals surface area contributed by atoms with Crippen LogP contribution in [-0.4, -0.2) is 11.2 Å². The first-order chi connectivity index (χ1) is 6.18. The summed E-state index contributed by atoms with van der Waals surface area (Å²) in [5, 5.41) is 0.308. The van der Waals surface area contributed by atoms with E-state index in [4.69, 9.17) is 11.6 Å². The van der Waals surface area contributed by atoms with Crippen LogP contribution in [0.25, 0.3) is 0 Å². The molecule has 0 N–H and O–H groups in total. The van der Waals surface area contributed by atoms with E-state index in [1.165, 1.54) is 5.56 Å². The van der Waals surface area contributed by atoms with Gasteiger partial charge in [0.25, 0.3) is 0 Å². The first kappa shape index (κ1) is 8.76. The van der Waals surface area contributed by atoms with Crippen LogP contribution in [-0.2, 0) is 0 Å². The molecular formula is C11H11ClO. The summed E-state index contributed by atoms with van der Waals surface area (Å²) < 4.78 is 0. The molecule has 0 aromatic heterocycles. The molecule has 0 saturated heterocycles. The van der Waals surface area contributed by atoms with E-state index in [2.05, 4.69) is 0 Å². The van der Waals surface area contributed by atoms with Crippen molar-refractivity contribution in [2.75, 3.05) is 0 Å². The molecular weight excluding hydrogens is 184 g/mol. The van der Waals surface area contributed by atoms with E-state index in [1.54, 1.807) is 6.92 Å². The van der Waals surface area contributed by atoms with Crippen molar-refractivity contribution in [1.82, 2.24) is 0 Å². The van der Waals surface area contributed by atoms with Crippen LogP contribution in [0.5, 0.6) is 0 Å². The minimum Gasteiger partial charge on any atom is -0.295 e. The lowest BCUT2D eigenvalue weighted by atomic mass is 10.1. The zero-order valence-corrected chi connectivity index (χ0v) is 8.21. The van der Waals surface area contributed by atoms with Gasteiger partial charge in [0.2, 0.25) is 0 Å². The van der Waals surface area contributed by atoms with Crippen LogP contribution in [0.1, 0.15) is 35.2 Å². The molecule has 13 heavy (non-hydrogen) atoms. The van der Waals surface area contributed by atoms with Crippen molar-refractivity contribution < 1.29 is 4.79 Å². The van der Waals surface area contributed by atoms with Crippen molar-refractivity contribution in [3.05, 3.63) is 35.4 Å². The van der Waals surface area contributed by atoms with Gasteiger partial charge in [-0.2, -0.15) is 0 Å². The average Bonchev–Trinajstić information content (AvgIpc) is 2.83. The van der Waals surface area contributed by atoms with E-state index >= 15 is 0 Å². The molecule has 1 aromatic rings. The molecule has 1 fully saturated rings. The summed E-state index contributed by atoms with van der Waals surface area (Å²) >= 11 is 5.92. The van der Waals surface area contributed by atoms with E-state index < -0.39 is 0 Å². The predicted molar refractivity (Wildman–Crippen MR) is 53.4 cm³/mol. The highest BCUT2D eigenvalue weighted by molar-refractivity contribution is 6.23. The molecule has 2 rings (SSSR count). The molecule has 0 unspecified atom stereocenters. The van der Waals surface area contributed by atoms with Crippen LogP contribution in [0.4, 0.5) is 0 Å². The normalized spacial score (nSPS) is 25.7. The summed E-state index contributed by atoms with van der Waals surface area (Å²) in [6, 6.07) is 7.76. The molecule has 0 heterocycles. The summed E-state index contributed by atoms with van der Waals surface area (Å²) in [7, 11) is 0. The molecule has 0 amide bonds. The molecule has 2 atom stereocenters. The Morgan fingerprint density at radius 3 is 2.31 bits per heavy atom. The number of Topliss-reactive ketones (excluding diaryl/α,β-unsaturated/α-hetero) is 1. The molecule has 1 aromatic carbocycles. The number of ketones is 1. The Morgan fingerprint density at radius 2 is 1.92 bits per heavy atom. The molecule has 0 bridgehead atoms.